The van der Waals surface area contributed by atoms with Crippen LogP contribution >= 0.6 is 15.9 Å². The summed E-state index contributed by atoms with van der Waals surface area (Å²) in [6.45, 7) is 0.760. The molecule has 0 saturated heterocycles. The van der Waals surface area contributed by atoms with Crippen molar-refractivity contribution in [3.8, 4) is 0 Å². The number of halogens is 1. The van der Waals surface area contributed by atoms with E-state index in [1.165, 1.54) is 0 Å². The third-order valence-electron chi connectivity index (χ3n) is 2.33. The van der Waals surface area contributed by atoms with Crippen LogP contribution in [0.4, 0.5) is 11.5 Å². The highest BCUT2D eigenvalue weighted by atomic mass is 79.9. The van der Waals surface area contributed by atoms with Gasteiger partial charge in [-0.2, -0.15) is 5.10 Å². The van der Waals surface area contributed by atoms with Gasteiger partial charge in [-0.1, -0.05) is 0 Å². The molecule has 2 heterocycles. The molecule has 0 aliphatic heterocycles. The minimum atomic E-state index is 0.639. The molecule has 0 fully saturated rings. The van der Waals surface area contributed by atoms with E-state index in [2.05, 4.69) is 31.3 Å². The van der Waals surface area contributed by atoms with Gasteiger partial charge in [0.2, 0.25) is 0 Å². The molecule has 0 radical (unpaired) electrons. The van der Waals surface area contributed by atoms with Gasteiger partial charge >= 0.3 is 0 Å². The number of nitrogens with one attached hydrogen (secondary N) is 1. The van der Waals surface area contributed by atoms with Gasteiger partial charge in [-0.15, -0.1) is 0 Å². The fraction of sp³-hybridized carbons (Fsp3) is 0.273. The molecule has 0 spiro atoms. The Morgan fingerprint density at radius 3 is 3.00 bits per heavy atom. The molecule has 0 aromatic carbocycles. The van der Waals surface area contributed by atoms with Gasteiger partial charge in [-0.05, 0) is 28.1 Å². The van der Waals surface area contributed by atoms with Crippen LogP contribution in [0.25, 0.3) is 0 Å². The Morgan fingerprint density at radius 1 is 1.53 bits per heavy atom. The highest BCUT2D eigenvalue weighted by Gasteiger charge is 2.01. The Balaban J connectivity index is 1.90. The van der Waals surface area contributed by atoms with Gasteiger partial charge in [-0.3, -0.25) is 4.68 Å². The number of aryl methyl sites for hydroxylation is 1. The van der Waals surface area contributed by atoms with E-state index in [0.717, 1.165) is 23.1 Å². The first kappa shape index (κ1) is 11.9. The Kier molecular flexibility index (Phi) is 3.63. The monoisotopic (exact) mass is 295 g/mol. The summed E-state index contributed by atoms with van der Waals surface area (Å²) < 4.78 is 2.67. The van der Waals surface area contributed by atoms with Gasteiger partial charge in [0.1, 0.15) is 5.82 Å². The summed E-state index contributed by atoms with van der Waals surface area (Å²) in [6.07, 6.45) is 4.50. The second-order valence-corrected chi connectivity index (χ2v) is 4.66. The maximum Gasteiger partial charge on any atom is 0.149 e. The lowest BCUT2D eigenvalue weighted by Gasteiger charge is -2.07. The van der Waals surface area contributed by atoms with Gasteiger partial charge in [0.25, 0.3) is 0 Å². The smallest absolute Gasteiger partial charge is 0.149 e. The summed E-state index contributed by atoms with van der Waals surface area (Å²) in [5, 5.41) is 7.49. The van der Waals surface area contributed by atoms with Crippen LogP contribution < -0.4 is 11.1 Å². The molecule has 90 valence electrons. The standard InChI is InChI=1S/C11H14BrN5/c1-17-5-3-9(16-17)2-4-14-11-10(13)6-8(12)7-15-11/h3,5-7H,2,4,13H2,1H3,(H,14,15). The molecule has 0 atom stereocenters. The largest absolute Gasteiger partial charge is 0.396 e. The number of rotatable bonds is 4. The number of aromatic nitrogens is 3. The van der Waals surface area contributed by atoms with Gasteiger partial charge in [0.15, 0.2) is 0 Å². The van der Waals surface area contributed by atoms with Crippen molar-refractivity contribution in [1.82, 2.24) is 14.8 Å². The highest BCUT2D eigenvalue weighted by molar-refractivity contribution is 9.10. The lowest BCUT2D eigenvalue weighted by atomic mass is 10.3. The number of pyridine rings is 1. The summed E-state index contributed by atoms with van der Waals surface area (Å²) in [6, 6.07) is 3.83. The topological polar surface area (TPSA) is 68.8 Å². The lowest BCUT2D eigenvalue weighted by molar-refractivity contribution is 0.742. The highest BCUT2D eigenvalue weighted by Crippen LogP contribution is 2.19. The number of nitrogens with two attached hydrogens (primary N) is 1. The average molecular weight is 296 g/mol. The van der Waals surface area contributed by atoms with Crippen LogP contribution in [-0.4, -0.2) is 21.3 Å². The first-order chi connectivity index (χ1) is 8.15. The van der Waals surface area contributed by atoms with Crippen molar-refractivity contribution in [2.75, 3.05) is 17.6 Å². The molecule has 2 aromatic rings. The number of nitrogens with zero attached hydrogens (tertiary/aromatic N) is 3. The molecule has 0 amide bonds. The number of anilines is 2. The molecule has 0 saturated carbocycles. The van der Waals surface area contributed by atoms with Gasteiger partial charge in [-0.25, -0.2) is 4.98 Å². The second-order valence-electron chi connectivity index (χ2n) is 3.75. The van der Waals surface area contributed by atoms with Crippen molar-refractivity contribution in [1.29, 1.82) is 0 Å². The summed E-state index contributed by atoms with van der Waals surface area (Å²) in [4.78, 5) is 4.21. The molecular formula is C11H14BrN5. The third kappa shape index (κ3) is 3.20. The average Bonchev–Trinajstić information content (AvgIpc) is 2.68. The van der Waals surface area contributed by atoms with Crippen LogP contribution in [0, 0.1) is 0 Å². The van der Waals surface area contributed by atoms with E-state index in [1.807, 2.05) is 25.4 Å². The van der Waals surface area contributed by atoms with Crippen molar-refractivity contribution in [3.05, 3.63) is 34.7 Å². The maximum atomic E-state index is 5.83. The fourth-order valence-corrected chi connectivity index (χ4v) is 1.86. The Hall–Kier alpha value is -1.56. The van der Waals surface area contributed by atoms with Gasteiger partial charge in [0.05, 0.1) is 11.4 Å². The molecule has 3 N–H and O–H groups in total. The summed E-state index contributed by atoms with van der Waals surface area (Å²) in [5.74, 6) is 0.712. The molecule has 5 nitrogen and oxygen atoms in total. The van der Waals surface area contributed by atoms with Crippen LogP contribution in [0.1, 0.15) is 5.69 Å². The molecular weight excluding hydrogens is 282 g/mol. The molecule has 17 heavy (non-hydrogen) atoms. The Morgan fingerprint density at radius 2 is 2.35 bits per heavy atom. The van der Waals surface area contributed by atoms with E-state index in [4.69, 9.17) is 5.73 Å². The van der Waals surface area contributed by atoms with Crippen LogP contribution in [0.3, 0.4) is 0 Å². The van der Waals surface area contributed by atoms with Crippen molar-refractivity contribution >= 4 is 27.4 Å². The van der Waals surface area contributed by atoms with E-state index in [0.29, 0.717) is 11.5 Å². The van der Waals surface area contributed by atoms with Gasteiger partial charge < -0.3 is 11.1 Å². The van der Waals surface area contributed by atoms with Crippen molar-refractivity contribution in [2.24, 2.45) is 7.05 Å². The normalized spacial score (nSPS) is 10.5. The zero-order valence-electron chi connectivity index (χ0n) is 9.52. The van der Waals surface area contributed by atoms with Crippen LogP contribution in [0.2, 0.25) is 0 Å². The van der Waals surface area contributed by atoms with E-state index in [-0.39, 0.29) is 0 Å². The molecule has 0 aliphatic rings. The third-order valence-corrected chi connectivity index (χ3v) is 2.76. The molecule has 2 aromatic heterocycles. The summed E-state index contributed by atoms with van der Waals surface area (Å²) in [7, 11) is 1.91. The predicted octanol–water partition coefficient (Wildman–Crippen LogP) is 1.81. The van der Waals surface area contributed by atoms with Crippen molar-refractivity contribution < 1.29 is 0 Å². The molecule has 0 unspecified atom stereocenters. The SMILES string of the molecule is Cn1ccc(CCNc2ncc(Br)cc2N)n1. The number of hydrogen-bond donors (Lipinski definition) is 2. The van der Waals surface area contributed by atoms with Crippen LogP contribution in [-0.2, 0) is 13.5 Å². The van der Waals surface area contributed by atoms with E-state index in [1.54, 1.807) is 10.9 Å². The zero-order chi connectivity index (χ0) is 12.3. The molecule has 2 rings (SSSR count). The molecule has 0 aliphatic carbocycles. The molecule has 6 heteroatoms. The van der Waals surface area contributed by atoms with Gasteiger partial charge in [0, 0.05) is 36.9 Å². The summed E-state index contributed by atoms with van der Waals surface area (Å²) >= 11 is 3.32. The first-order valence-electron chi connectivity index (χ1n) is 5.28. The minimum Gasteiger partial charge on any atom is -0.396 e. The Labute approximate surface area is 108 Å². The lowest BCUT2D eigenvalue weighted by Crippen LogP contribution is -2.09. The maximum absolute atomic E-state index is 5.83. The zero-order valence-corrected chi connectivity index (χ0v) is 11.1. The number of nitrogen functional groups attached to an aromatic ring is 1. The quantitative estimate of drug-likeness (QED) is 0.903. The van der Waals surface area contributed by atoms with E-state index < -0.39 is 0 Å². The van der Waals surface area contributed by atoms with Crippen LogP contribution in [0.15, 0.2) is 29.0 Å². The van der Waals surface area contributed by atoms with Crippen molar-refractivity contribution in [2.45, 2.75) is 6.42 Å². The van der Waals surface area contributed by atoms with Crippen molar-refractivity contribution in [3.63, 3.8) is 0 Å². The van der Waals surface area contributed by atoms with E-state index >= 15 is 0 Å². The fourth-order valence-electron chi connectivity index (χ4n) is 1.51. The minimum absolute atomic E-state index is 0.639. The molecule has 0 bridgehead atoms. The number of hydrogen-bond acceptors (Lipinski definition) is 4. The first-order valence-corrected chi connectivity index (χ1v) is 6.08. The Bertz CT molecular complexity index is 508. The predicted molar refractivity (Wildman–Crippen MR) is 71.8 cm³/mol. The summed E-state index contributed by atoms with van der Waals surface area (Å²) in [5.41, 5.74) is 7.52. The van der Waals surface area contributed by atoms with E-state index in [9.17, 15) is 0 Å². The van der Waals surface area contributed by atoms with Crippen LogP contribution in [0.5, 0.6) is 0 Å². The second kappa shape index (κ2) is 5.18.